The molecule has 0 unspecified atom stereocenters. The lowest BCUT2D eigenvalue weighted by Gasteiger charge is -2.06. The number of rotatable bonds is 3. The third-order valence-corrected chi connectivity index (χ3v) is 3.87. The Morgan fingerprint density at radius 1 is 1.17 bits per heavy atom. The van der Waals surface area contributed by atoms with E-state index in [0.29, 0.717) is 5.56 Å². The highest BCUT2D eigenvalue weighted by molar-refractivity contribution is 9.10. The number of hydrazone groups is 1. The van der Waals surface area contributed by atoms with Gasteiger partial charge in [0.05, 0.1) is 17.3 Å². The molecule has 1 heterocycles. The molecule has 4 nitrogen and oxygen atoms in total. The molecule has 2 aromatic carbocycles. The van der Waals surface area contributed by atoms with Crippen molar-refractivity contribution in [1.29, 1.82) is 0 Å². The van der Waals surface area contributed by atoms with Gasteiger partial charge < -0.3 is 0 Å². The number of carbonyl (C=O) groups excluding carboxylic acids is 1. The van der Waals surface area contributed by atoms with Crippen molar-refractivity contribution in [2.24, 2.45) is 5.10 Å². The van der Waals surface area contributed by atoms with Crippen molar-refractivity contribution in [1.82, 2.24) is 10.4 Å². The van der Waals surface area contributed by atoms with Crippen molar-refractivity contribution >= 4 is 39.0 Å². The molecule has 0 atom stereocenters. The van der Waals surface area contributed by atoms with Gasteiger partial charge in [0.1, 0.15) is 0 Å². The van der Waals surface area contributed by atoms with Gasteiger partial charge in [-0.05, 0) is 36.8 Å². The molecule has 1 N–H and O–H groups in total. The molecule has 1 aromatic heterocycles. The van der Waals surface area contributed by atoms with Crippen LogP contribution < -0.4 is 5.43 Å². The molecule has 3 rings (SSSR count). The molecule has 0 bridgehead atoms. The highest BCUT2D eigenvalue weighted by atomic mass is 79.9. The second-order valence-corrected chi connectivity index (χ2v) is 5.99. The molecular weight excluding hydrogens is 354 g/mol. The van der Waals surface area contributed by atoms with Gasteiger partial charge in [0.15, 0.2) is 0 Å². The number of aromatic nitrogens is 1. The standard InChI is InChI=1S/C18H14BrN3O/c1-12-10-16(15-4-2-3-5-17(15)21-12)18(23)22-20-11-13-6-8-14(19)9-7-13/h2-11H,1H3,(H,22,23)/b20-11+. The largest absolute Gasteiger partial charge is 0.272 e. The average Bonchev–Trinajstić information content (AvgIpc) is 2.55. The first-order valence-corrected chi connectivity index (χ1v) is 7.88. The smallest absolute Gasteiger partial charge is 0.267 e. The summed E-state index contributed by atoms with van der Waals surface area (Å²) in [6, 6.07) is 17.0. The summed E-state index contributed by atoms with van der Waals surface area (Å²) in [5.41, 5.74) is 5.65. The molecule has 0 radical (unpaired) electrons. The zero-order chi connectivity index (χ0) is 16.2. The predicted octanol–water partition coefficient (Wildman–Crippen LogP) is 4.07. The Morgan fingerprint density at radius 2 is 1.91 bits per heavy atom. The number of amides is 1. The molecule has 23 heavy (non-hydrogen) atoms. The Morgan fingerprint density at radius 3 is 2.70 bits per heavy atom. The highest BCUT2D eigenvalue weighted by Crippen LogP contribution is 2.18. The van der Waals surface area contributed by atoms with Crippen molar-refractivity contribution in [3.63, 3.8) is 0 Å². The molecule has 0 aliphatic carbocycles. The Kier molecular flexibility index (Phi) is 4.48. The molecule has 0 fully saturated rings. The predicted molar refractivity (Wildman–Crippen MR) is 95.7 cm³/mol. The zero-order valence-corrected chi connectivity index (χ0v) is 14.0. The first-order valence-electron chi connectivity index (χ1n) is 7.09. The second-order valence-electron chi connectivity index (χ2n) is 5.08. The molecule has 1 amide bonds. The van der Waals surface area contributed by atoms with Crippen LogP contribution in [0.25, 0.3) is 10.9 Å². The van der Waals surface area contributed by atoms with E-state index in [9.17, 15) is 4.79 Å². The summed E-state index contributed by atoms with van der Waals surface area (Å²) < 4.78 is 0.998. The summed E-state index contributed by atoms with van der Waals surface area (Å²) >= 11 is 3.38. The Bertz CT molecular complexity index is 888. The van der Waals surface area contributed by atoms with E-state index in [1.165, 1.54) is 0 Å². The van der Waals surface area contributed by atoms with E-state index in [2.05, 4.69) is 31.4 Å². The molecule has 0 spiro atoms. The van der Waals surface area contributed by atoms with Crippen LogP contribution in [0.2, 0.25) is 0 Å². The minimum absolute atomic E-state index is 0.250. The van der Waals surface area contributed by atoms with E-state index in [1.807, 2.05) is 55.5 Å². The maximum Gasteiger partial charge on any atom is 0.272 e. The molecular formula is C18H14BrN3O. The Hall–Kier alpha value is -2.53. The van der Waals surface area contributed by atoms with Gasteiger partial charge in [0.25, 0.3) is 5.91 Å². The van der Waals surface area contributed by atoms with Gasteiger partial charge in [-0.25, -0.2) is 5.43 Å². The number of carbonyl (C=O) groups is 1. The summed E-state index contributed by atoms with van der Waals surface area (Å²) in [5, 5.41) is 4.84. The molecule has 0 aliphatic heterocycles. The van der Waals surface area contributed by atoms with Gasteiger partial charge in [-0.3, -0.25) is 9.78 Å². The van der Waals surface area contributed by atoms with E-state index >= 15 is 0 Å². The lowest BCUT2D eigenvalue weighted by molar-refractivity contribution is 0.0956. The molecule has 3 aromatic rings. The molecule has 0 saturated heterocycles. The maximum absolute atomic E-state index is 12.4. The van der Waals surface area contributed by atoms with Crippen LogP contribution in [0.4, 0.5) is 0 Å². The van der Waals surface area contributed by atoms with Crippen LogP contribution in [0.5, 0.6) is 0 Å². The summed E-state index contributed by atoms with van der Waals surface area (Å²) in [5.74, 6) is -0.250. The van der Waals surface area contributed by atoms with Gasteiger partial charge in [-0.15, -0.1) is 0 Å². The summed E-state index contributed by atoms with van der Waals surface area (Å²) in [4.78, 5) is 16.8. The van der Waals surface area contributed by atoms with Gasteiger partial charge in [-0.2, -0.15) is 5.10 Å². The SMILES string of the molecule is Cc1cc(C(=O)N/N=C/c2ccc(Br)cc2)c2ccccc2n1. The van der Waals surface area contributed by atoms with Crippen LogP contribution in [0.15, 0.2) is 64.2 Å². The minimum atomic E-state index is -0.250. The lowest BCUT2D eigenvalue weighted by atomic mass is 10.1. The molecule has 0 aliphatic rings. The first-order chi connectivity index (χ1) is 11.1. The number of benzene rings is 2. The zero-order valence-electron chi connectivity index (χ0n) is 12.5. The monoisotopic (exact) mass is 367 g/mol. The molecule has 114 valence electrons. The fourth-order valence-corrected chi connectivity index (χ4v) is 2.53. The number of para-hydroxylation sites is 1. The van der Waals surface area contributed by atoms with E-state index in [4.69, 9.17) is 0 Å². The number of halogens is 1. The maximum atomic E-state index is 12.4. The van der Waals surface area contributed by atoms with E-state index in [-0.39, 0.29) is 5.91 Å². The third-order valence-electron chi connectivity index (χ3n) is 3.34. The van der Waals surface area contributed by atoms with E-state index in [0.717, 1.165) is 26.6 Å². The number of nitrogens with one attached hydrogen (secondary N) is 1. The van der Waals surface area contributed by atoms with Crippen LogP contribution in [0, 0.1) is 6.92 Å². The number of nitrogens with zero attached hydrogens (tertiary/aromatic N) is 2. The average molecular weight is 368 g/mol. The minimum Gasteiger partial charge on any atom is -0.267 e. The number of hydrogen-bond acceptors (Lipinski definition) is 3. The van der Waals surface area contributed by atoms with Crippen LogP contribution in [-0.4, -0.2) is 17.1 Å². The van der Waals surface area contributed by atoms with Crippen molar-refractivity contribution in [2.45, 2.75) is 6.92 Å². The van der Waals surface area contributed by atoms with E-state index in [1.54, 1.807) is 12.3 Å². The quantitative estimate of drug-likeness (QED) is 0.560. The van der Waals surface area contributed by atoms with Gasteiger partial charge in [0.2, 0.25) is 0 Å². The lowest BCUT2D eigenvalue weighted by Crippen LogP contribution is -2.18. The normalized spacial score (nSPS) is 11.0. The summed E-state index contributed by atoms with van der Waals surface area (Å²) in [6.45, 7) is 1.87. The van der Waals surface area contributed by atoms with Gasteiger partial charge in [0, 0.05) is 15.6 Å². The summed E-state index contributed by atoms with van der Waals surface area (Å²) in [6.07, 6.45) is 1.61. The highest BCUT2D eigenvalue weighted by Gasteiger charge is 2.10. The second kappa shape index (κ2) is 6.71. The number of aryl methyl sites for hydroxylation is 1. The van der Waals surface area contributed by atoms with E-state index < -0.39 is 0 Å². The topological polar surface area (TPSA) is 54.4 Å². The molecule has 0 saturated carbocycles. The number of pyridine rings is 1. The fourth-order valence-electron chi connectivity index (χ4n) is 2.27. The van der Waals surface area contributed by atoms with Crippen molar-refractivity contribution in [2.75, 3.05) is 0 Å². The van der Waals surface area contributed by atoms with Crippen molar-refractivity contribution in [3.8, 4) is 0 Å². The number of fused-ring (bicyclic) bond motifs is 1. The third kappa shape index (κ3) is 3.63. The van der Waals surface area contributed by atoms with Crippen molar-refractivity contribution in [3.05, 3.63) is 75.9 Å². The summed E-state index contributed by atoms with van der Waals surface area (Å²) in [7, 11) is 0. The first kappa shape index (κ1) is 15.4. The Balaban J connectivity index is 1.82. The fraction of sp³-hybridized carbons (Fsp3) is 0.0556. The Labute approximate surface area is 142 Å². The number of hydrogen-bond donors (Lipinski definition) is 1. The van der Waals surface area contributed by atoms with Gasteiger partial charge >= 0.3 is 0 Å². The van der Waals surface area contributed by atoms with Crippen LogP contribution in [0.3, 0.4) is 0 Å². The van der Waals surface area contributed by atoms with Crippen LogP contribution in [0.1, 0.15) is 21.6 Å². The van der Waals surface area contributed by atoms with Crippen molar-refractivity contribution < 1.29 is 4.79 Å². The van der Waals surface area contributed by atoms with Gasteiger partial charge in [-0.1, -0.05) is 46.3 Å². The van der Waals surface area contributed by atoms with Crippen LogP contribution in [-0.2, 0) is 0 Å². The van der Waals surface area contributed by atoms with Crippen LogP contribution >= 0.6 is 15.9 Å². The molecule has 5 heteroatoms.